The van der Waals surface area contributed by atoms with E-state index in [4.69, 9.17) is 9.47 Å². The number of aromatic nitrogens is 1. The van der Waals surface area contributed by atoms with Gasteiger partial charge in [-0.25, -0.2) is 0 Å². The first-order valence-electron chi connectivity index (χ1n) is 9.88. The summed E-state index contributed by atoms with van der Waals surface area (Å²) in [5, 5.41) is 10.0. The summed E-state index contributed by atoms with van der Waals surface area (Å²) in [6, 6.07) is 10.8. The summed E-state index contributed by atoms with van der Waals surface area (Å²) >= 11 is 0. The van der Waals surface area contributed by atoms with Crippen molar-refractivity contribution in [1.29, 1.82) is 0 Å². The number of hydrogen-bond donors (Lipinski definition) is 1. The van der Waals surface area contributed by atoms with Gasteiger partial charge in [0.2, 0.25) is 0 Å². The van der Waals surface area contributed by atoms with E-state index in [2.05, 4.69) is 4.90 Å². The number of methoxy groups -OCH3 is 2. The molecule has 154 valence electrons. The molecule has 0 unspecified atom stereocenters. The van der Waals surface area contributed by atoms with E-state index in [1.165, 1.54) is 7.11 Å². The Bertz CT molecular complexity index is 968. The molecule has 0 spiro atoms. The Morgan fingerprint density at radius 2 is 1.90 bits per heavy atom. The van der Waals surface area contributed by atoms with Crippen molar-refractivity contribution in [1.82, 2.24) is 9.47 Å². The monoisotopic (exact) mass is 398 g/mol. The van der Waals surface area contributed by atoms with Crippen molar-refractivity contribution in [2.75, 3.05) is 27.4 Å². The minimum absolute atomic E-state index is 0.0828. The van der Waals surface area contributed by atoms with Gasteiger partial charge in [0.15, 0.2) is 0 Å². The van der Waals surface area contributed by atoms with E-state index >= 15 is 0 Å². The number of hydrogen-bond acceptors (Lipinski definition) is 6. The molecule has 1 fully saturated rings. The van der Waals surface area contributed by atoms with E-state index in [0.717, 1.165) is 23.6 Å². The summed E-state index contributed by atoms with van der Waals surface area (Å²) < 4.78 is 12.0. The quantitative estimate of drug-likeness (QED) is 0.772. The smallest absolute Gasteiger partial charge is 0.311 e. The Morgan fingerprint density at radius 3 is 2.48 bits per heavy atom. The number of carbonyl (C=O) groups excluding carboxylic acids is 1. The van der Waals surface area contributed by atoms with Crippen LogP contribution in [0.1, 0.15) is 18.7 Å². The van der Waals surface area contributed by atoms with E-state index < -0.39 is 5.92 Å². The average Bonchev–Trinajstić information content (AvgIpc) is 2.99. The Morgan fingerprint density at radius 1 is 1.17 bits per heavy atom. The Labute approximate surface area is 169 Å². The molecule has 1 N–H and O–H groups in total. The molecule has 1 saturated heterocycles. The second kappa shape index (κ2) is 7.65. The van der Waals surface area contributed by atoms with E-state index in [-0.39, 0.29) is 36.1 Å². The highest BCUT2D eigenvalue weighted by molar-refractivity contribution is 5.75. The topological polar surface area (TPSA) is 81.0 Å². The van der Waals surface area contributed by atoms with Crippen LogP contribution in [0.3, 0.4) is 0 Å². The molecular formula is C22H26N2O5. The van der Waals surface area contributed by atoms with Gasteiger partial charge < -0.3 is 19.1 Å². The maximum absolute atomic E-state index is 13.4. The van der Waals surface area contributed by atoms with E-state index in [1.54, 1.807) is 11.7 Å². The number of carbonyl (C=O) groups is 1. The van der Waals surface area contributed by atoms with Crippen LogP contribution < -0.4 is 10.3 Å². The summed E-state index contributed by atoms with van der Waals surface area (Å²) in [7, 11) is 2.97. The van der Waals surface area contributed by atoms with Crippen molar-refractivity contribution in [2.45, 2.75) is 25.6 Å². The maximum atomic E-state index is 13.4. The summed E-state index contributed by atoms with van der Waals surface area (Å²) in [6.45, 7) is 3.09. The van der Waals surface area contributed by atoms with E-state index in [9.17, 15) is 14.7 Å². The number of nitrogens with zero attached hydrogens (tertiary/aromatic N) is 2. The number of likely N-dealkylation sites (N-methyl/N-ethyl adjacent to an activating group) is 1. The van der Waals surface area contributed by atoms with Crippen molar-refractivity contribution in [3.63, 3.8) is 0 Å². The predicted molar refractivity (Wildman–Crippen MR) is 108 cm³/mol. The molecule has 0 saturated carbocycles. The van der Waals surface area contributed by atoms with Crippen LogP contribution in [0.5, 0.6) is 5.75 Å². The van der Waals surface area contributed by atoms with Gasteiger partial charge in [-0.15, -0.1) is 0 Å². The summed E-state index contributed by atoms with van der Waals surface area (Å²) in [5.74, 6) is -0.364. The molecule has 2 aliphatic rings. The highest BCUT2D eigenvalue weighted by Gasteiger charge is 2.55. The van der Waals surface area contributed by atoms with Crippen LogP contribution in [0.25, 0.3) is 11.1 Å². The fourth-order valence-corrected chi connectivity index (χ4v) is 5.05. The molecule has 0 amide bonds. The Kier molecular flexibility index (Phi) is 5.19. The average molecular weight is 398 g/mol. The minimum Gasteiger partial charge on any atom is -0.497 e. The van der Waals surface area contributed by atoms with Gasteiger partial charge in [0.25, 0.3) is 5.56 Å². The third-order valence-corrected chi connectivity index (χ3v) is 6.41. The summed E-state index contributed by atoms with van der Waals surface area (Å²) in [5.41, 5.74) is 2.15. The van der Waals surface area contributed by atoms with Gasteiger partial charge >= 0.3 is 5.97 Å². The Balaban J connectivity index is 1.82. The van der Waals surface area contributed by atoms with Gasteiger partial charge in [0.1, 0.15) is 5.75 Å². The number of ether oxygens (including phenoxy) is 2. The van der Waals surface area contributed by atoms with Crippen LogP contribution in [0, 0.1) is 11.8 Å². The highest BCUT2D eigenvalue weighted by Crippen LogP contribution is 2.48. The van der Waals surface area contributed by atoms with Gasteiger partial charge in [-0.1, -0.05) is 19.1 Å². The molecule has 0 aliphatic carbocycles. The zero-order valence-electron chi connectivity index (χ0n) is 16.9. The van der Waals surface area contributed by atoms with Crippen molar-refractivity contribution in [2.24, 2.45) is 11.8 Å². The van der Waals surface area contributed by atoms with Crippen LogP contribution in [0.15, 0.2) is 41.2 Å². The lowest BCUT2D eigenvalue weighted by Gasteiger charge is -2.37. The van der Waals surface area contributed by atoms with Gasteiger partial charge in [-0.3, -0.25) is 14.5 Å². The summed E-state index contributed by atoms with van der Waals surface area (Å²) in [6.07, 6.45) is 0. The third kappa shape index (κ3) is 2.96. The van der Waals surface area contributed by atoms with Crippen LogP contribution in [0.2, 0.25) is 0 Å². The number of fused-ring (bicyclic) bond motifs is 4. The normalized spacial score (nSPS) is 25.5. The van der Waals surface area contributed by atoms with Crippen molar-refractivity contribution in [3.8, 4) is 16.9 Å². The van der Waals surface area contributed by atoms with Crippen LogP contribution in [-0.2, 0) is 16.1 Å². The zero-order valence-corrected chi connectivity index (χ0v) is 16.9. The number of pyridine rings is 1. The first-order valence-corrected chi connectivity index (χ1v) is 9.88. The zero-order chi connectivity index (χ0) is 20.7. The molecule has 2 aromatic rings. The molecule has 4 atom stereocenters. The molecule has 2 bridgehead atoms. The lowest BCUT2D eigenvalue weighted by Crippen LogP contribution is -2.46. The van der Waals surface area contributed by atoms with Crippen molar-refractivity contribution < 1.29 is 19.4 Å². The largest absolute Gasteiger partial charge is 0.497 e. The van der Waals surface area contributed by atoms with Gasteiger partial charge in [-0.2, -0.15) is 0 Å². The van der Waals surface area contributed by atoms with Crippen LogP contribution in [-0.4, -0.2) is 54.0 Å². The first kappa shape index (κ1) is 19.7. The highest BCUT2D eigenvalue weighted by atomic mass is 16.5. The number of aliphatic hydroxyl groups excluding tert-OH is 1. The second-order valence-electron chi connectivity index (χ2n) is 7.55. The van der Waals surface area contributed by atoms with Gasteiger partial charge in [-0.05, 0) is 36.4 Å². The molecule has 3 heterocycles. The molecular weight excluding hydrogens is 372 g/mol. The standard InChI is InChI=1S/C22H26N2O5/c1-4-23-18-11-24-17(20(23)19(16(18)12-25)22(27)29-3)10-9-15(21(24)26)13-5-7-14(28-2)8-6-13/h5-10,16,18-20,25H,4,11-12H2,1-3H3/t16-,18-,19+,20+/m1/s1. The Hall–Kier alpha value is -2.64. The van der Waals surface area contributed by atoms with E-state index in [0.29, 0.717) is 12.1 Å². The second-order valence-corrected chi connectivity index (χ2v) is 7.55. The van der Waals surface area contributed by atoms with Crippen LogP contribution >= 0.6 is 0 Å². The number of aliphatic hydroxyl groups is 1. The molecule has 2 aliphatic heterocycles. The molecule has 4 rings (SSSR count). The summed E-state index contributed by atoms with van der Waals surface area (Å²) in [4.78, 5) is 28.1. The SMILES string of the molecule is CCN1[C@@H]2Cn3c(ccc(-c4ccc(OC)cc4)c3=O)[C@H]1[C@@H](C(=O)OC)[C@@H]2CO. The fraction of sp³-hybridized carbons (Fsp3) is 0.455. The molecule has 0 radical (unpaired) electrons. The fourth-order valence-electron chi connectivity index (χ4n) is 5.05. The number of rotatable bonds is 5. The van der Waals surface area contributed by atoms with Crippen molar-refractivity contribution >= 4 is 5.97 Å². The van der Waals surface area contributed by atoms with Crippen LogP contribution in [0.4, 0.5) is 0 Å². The minimum atomic E-state index is -0.491. The number of esters is 1. The third-order valence-electron chi connectivity index (χ3n) is 6.41. The molecule has 7 nitrogen and oxygen atoms in total. The predicted octanol–water partition coefficient (Wildman–Crippen LogP) is 1.68. The molecule has 29 heavy (non-hydrogen) atoms. The molecule has 1 aromatic carbocycles. The first-order chi connectivity index (χ1) is 14.0. The van der Waals surface area contributed by atoms with Crippen molar-refractivity contribution in [3.05, 3.63) is 52.4 Å². The van der Waals surface area contributed by atoms with Gasteiger partial charge in [0.05, 0.1) is 26.2 Å². The number of benzene rings is 1. The van der Waals surface area contributed by atoms with E-state index in [1.807, 2.05) is 43.3 Å². The molecule has 7 heteroatoms. The lowest BCUT2D eigenvalue weighted by molar-refractivity contribution is -0.148. The lowest BCUT2D eigenvalue weighted by atomic mass is 9.87. The molecule has 1 aromatic heterocycles. The van der Waals surface area contributed by atoms with Gasteiger partial charge in [0, 0.05) is 36.4 Å². The maximum Gasteiger partial charge on any atom is 0.311 e.